The number of nitrogens with one attached hydrogen (secondary N) is 1. The van der Waals surface area contributed by atoms with Crippen molar-refractivity contribution in [2.45, 2.75) is 65.3 Å². The quantitative estimate of drug-likeness (QED) is 0.466. The van der Waals surface area contributed by atoms with Gasteiger partial charge in [-0.3, -0.25) is 4.79 Å². The van der Waals surface area contributed by atoms with E-state index in [9.17, 15) is 10.0 Å². The molecule has 0 bridgehead atoms. The number of fused-ring (bicyclic) bond motifs is 1. The van der Waals surface area contributed by atoms with E-state index in [4.69, 9.17) is 4.84 Å². The van der Waals surface area contributed by atoms with Crippen LogP contribution in [0, 0.1) is 17.3 Å². The molecule has 2 aliphatic rings. The lowest BCUT2D eigenvalue weighted by Gasteiger charge is -2.53. The van der Waals surface area contributed by atoms with Crippen molar-refractivity contribution in [3.63, 3.8) is 0 Å². The van der Waals surface area contributed by atoms with Crippen molar-refractivity contribution in [3.8, 4) is 0 Å². The third-order valence-corrected chi connectivity index (χ3v) is 5.58. The van der Waals surface area contributed by atoms with Crippen molar-refractivity contribution in [2.24, 2.45) is 22.4 Å². The molecular weight excluding hydrogens is 280 g/mol. The highest BCUT2D eigenvalue weighted by Gasteiger charge is 2.49. The average molecular weight is 308 g/mol. The van der Waals surface area contributed by atoms with Crippen LogP contribution in [0.2, 0.25) is 0 Å². The second-order valence-electron chi connectivity index (χ2n) is 7.68. The first-order valence-electron chi connectivity index (χ1n) is 8.03. The molecule has 5 heteroatoms. The van der Waals surface area contributed by atoms with Crippen LogP contribution >= 0.6 is 0 Å². The molecule has 2 saturated carbocycles. The van der Waals surface area contributed by atoms with Gasteiger partial charge in [0, 0.05) is 6.92 Å². The number of hydrogen-bond acceptors (Lipinski definition) is 5. The Balaban J connectivity index is 2.22. The van der Waals surface area contributed by atoms with Gasteiger partial charge in [0.15, 0.2) is 0 Å². The first kappa shape index (κ1) is 17.0. The molecule has 0 heterocycles. The zero-order chi connectivity index (χ0) is 16.5. The largest absolute Gasteiger partial charge is 0.411 e. The lowest BCUT2D eigenvalue weighted by Crippen LogP contribution is -2.51. The number of carbonyl (C=O) groups excluding carboxylic acids is 1. The number of allylic oxidation sites excluding steroid dienone is 1. The van der Waals surface area contributed by atoms with E-state index >= 15 is 0 Å². The molecule has 2 aliphatic carbocycles. The number of carbonyl (C=O) groups is 1. The van der Waals surface area contributed by atoms with Gasteiger partial charge in [0.1, 0.15) is 0 Å². The molecule has 0 radical (unpaired) electrons. The van der Waals surface area contributed by atoms with E-state index < -0.39 is 11.5 Å². The molecular formula is C17H28N2O3. The van der Waals surface area contributed by atoms with Gasteiger partial charge < -0.3 is 10.0 Å². The standard InChI is InChI=1S/C17H28N2O3/c1-11-6-7-15(18-21)17(5,19-22-12(2)20)9-8-14-13(11)10-16(14,3)4/h13-14,19,21H,1,6-10H2,2-5H3/b18-15+/t13-,14+,17-/m0/s1. The molecule has 3 atom stereocenters. The van der Waals surface area contributed by atoms with E-state index in [0.29, 0.717) is 29.4 Å². The topological polar surface area (TPSA) is 70.9 Å². The maximum atomic E-state index is 11.1. The van der Waals surface area contributed by atoms with Crippen molar-refractivity contribution >= 4 is 11.7 Å². The van der Waals surface area contributed by atoms with Crippen LogP contribution in [0.5, 0.6) is 0 Å². The Kier molecular flexibility index (Phi) is 4.66. The summed E-state index contributed by atoms with van der Waals surface area (Å²) in [5, 5.41) is 12.9. The Labute approximate surface area is 132 Å². The van der Waals surface area contributed by atoms with Crippen molar-refractivity contribution in [3.05, 3.63) is 12.2 Å². The van der Waals surface area contributed by atoms with Gasteiger partial charge in [-0.2, -0.15) is 0 Å². The van der Waals surface area contributed by atoms with Gasteiger partial charge >= 0.3 is 5.97 Å². The Hall–Kier alpha value is -1.36. The van der Waals surface area contributed by atoms with Crippen molar-refractivity contribution in [1.82, 2.24) is 5.48 Å². The summed E-state index contributed by atoms with van der Waals surface area (Å²) in [6, 6.07) is 0. The normalized spacial score (nSPS) is 36.5. The van der Waals surface area contributed by atoms with E-state index in [1.165, 1.54) is 18.9 Å². The van der Waals surface area contributed by atoms with E-state index in [0.717, 1.165) is 19.3 Å². The summed E-state index contributed by atoms with van der Waals surface area (Å²) in [7, 11) is 0. The van der Waals surface area contributed by atoms with E-state index in [1.54, 1.807) is 0 Å². The summed E-state index contributed by atoms with van der Waals surface area (Å²) < 4.78 is 0. The molecule has 0 aromatic carbocycles. The molecule has 0 saturated heterocycles. The second-order valence-corrected chi connectivity index (χ2v) is 7.68. The molecule has 2 fully saturated rings. The van der Waals surface area contributed by atoms with Gasteiger partial charge in [0.2, 0.25) is 0 Å². The predicted molar refractivity (Wildman–Crippen MR) is 85.5 cm³/mol. The summed E-state index contributed by atoms with van der Waals surface area (Å²) in [5.74, 6) is 0.743. The molecule has 22 heavy (non-hydrogen) atoms. The Bertz CT molecular complexity index is 498. The highest BCUT2D eigenvalue weighted by atomic mass is 16.7. The molecule has 124 valence electrons. The van der Waals surface area contributed by atoms with Crippen LogP contribution in [0.4, 0.5) is 0 Å². The van der Waals surface area contributed by atoms with E-state index in [-0.39, 0.29) is 0 Å². The van der Waals surface area contributed by atoms with Crippen LogP contribution in [0.3, 0.4) is 0 Å². The molecule has 0 amide bonds. The van der Waals surface area contributed by atoms with Crippen LogP contribution in [0.1, 0.15) is 59.8 Å². The highest BCUT2D eigenvalue weighted by molar-refractivity contribution is 5.93. The Morgan fingerprint density at radius 3 is 2.64 bits per heavy atom. The van der Waals surface area contributed by atoms with Gasteiger partial charge in [0.05, 0.1) is 11.3 Å². The smallest absolute Gasteiger partial charge is 0.321 e. The molecule has 0 aliphatic heterocycles. The van der Waals surface area contributed by atoms with E-state index in [1.807, 2.05) is 6.92 Å². The summed E-state index contributed by atoms with van der Waals surface area (Å²) >= 11 is 0. The fraction of sp³-hybridized carbons (Fsp3) is 0.765. The Morgan fingerprint density at radius 2 is 2.09 bits per heavy atom. The first-order chi connectivity index (χ1) is 10.2. The summed E-state index contributed by atoms with van der Waals surface area (Å²) in [6.07, 6.45) is 4.37. The van der Waals surface area contributed by atoms with Crippen LogP contribution in [0.25, 0.3) is 0 Å². The summed E-state index contributed by atoms with van der Waals surface area (Å²) in [5.41, 5.74) is 4.38. The number of rotatable bonds is 2. The molecule has 2 rings (SSSR count). The minimum Gasteiger partial charge on any atom is -0.411 e. The minimum atomic E-state index is -0.638. The minimum absolute atomic E-state index is 0.316. The fourth-order valence-corrected chi connectivity index (χ4v) is 4.05. The van der Waals surface area contributed by atoms with Gasteiger partial charge in [0.25, 0.3) is 0 Å². The van der Waals surface area contributed by atoms with Crippen molar-refractivity contribution < 1.29 is 14.8 Å². The third kappa shape index (κ3) is 3.19. The monoisotopic (exact) mass is 308 g/mol. The summed E-state index contributed by atoms with van der Waals surface area (Å²) in [6.45, 7) is 12.1. The number of hydroxylamine groups is 1. The molecule has 5 nitrogen and oxygen atoms in total. The molecule has 0 spiro atoms. The highest BCUT2D eigenvalue weighted by Crippen LogP contribution is 2.56. The first-order valence-corrected chi connectivity index (χ1v) is 8.03. The van der Waals surface area contributed by atoms with Crippen molar-refractivity contribution in [1.29, 1.82) is 0 Å². The number of oxime groups is 1. The maximum Gasteiger partial charge on any atom is 0.321 e. The molecule has 0 unspecified atom stereocenters. The van der Waals surface area contributed by atoms with Gasteiger partial charge in [-0.1, -0.05) is 31.2 Å². The van der Waals surface area contributed by atoms with E-state index in [2.05, 4.69) is 31.1 Å². The van der Waals surface area contributed by atoms with Gasteiger partial charge in [-0.25, -0.2) is 0 Å². The predicted octanol–water partition coefficient (Wildman–Crippen LogP) is 3.44. The van der Waals surface area contributed by atoms with Crippen LogP contribution < -0.4 is 5.48 Å². The maximum absolute atomic E-state index is 11.1. The van der Waals surface area contributed by atoms with Crippen LogP contribution in [-0.2, 0) is 9.63 Å². The van der Waals surface area contributed by atoms with Crippen LogP contribution in [-0.4, -0.2) is 22.4 Å². The molecule has 2 N–H and O–H groups in total. The lowest BCUT2D eigenvalue weighted by atomic mass is 9.52. The molecule has 0 aromatic heterocycles. The van der Waals surface area contributed by atoms with Crippen molar-refractivity contribution in [2.75, 3.05) is 0 Å². The average Bonchev–Trinajstić information content (AvgIpc) is 2.46. The van der Waals surface area contributed by atoms with Gasteiger partial charge in [-0.05, 0) is 56.3 Å². The second kappa shape index (κ2) is 6.03. The molecule has 0 aromatic rings. The zero-order valence-electron chi connectivity index (χ0n) is 14.1. The zero-order valence-corrected chi connectivity index (χ0v) is 14.1. The SMILES string of the molecule is C=C1CC/C(=N\O)[C@@](C)(NOC(C)=O)CC[C@@H]2[C@H]1CC2(C)C. The Morgan fingerprint density at radius 1 is 1.41 bits per heavy atom. The number of nitrogens with zero attached hydrogens (tertiary/aromatic N) is 1. The third-order valence-electron chi connectivity index (χ3n) is 5.58. The van der Waals surface area contributed by atoms with Crippen LogP contribution in [0.15, 0.2) is 17.3 Å². The number of hydrogen-bond donors (Lipinski definition) is 2. The lowest BCUT2D eigenvalue weighted by molar-refractivity contribution is -0.151. The summed E-state index contributed by atoms with van der Waals surface area (Å²) in [4.78, 5) is 16.1. The fourth-order valence-electron chi connectivity index (χ4n) is 4.05. The van der Waals surface area contributed by atoms with Gasteiger partial charge in [-0.15, -0.1) is 5.48 Å².